The molecule has 1 aromatic rings. The lowest BCUT2D eigenvalue weighted by atomic mass is 9.90. The molecule has 2 saturated heterocycles. The van der Waals surface area contributed by atoms with Crippen molar-refractivity contribution in [3.63, 3.8) is 0 Å². The summed E-state index contributed by atoms with van der Waals surface area (Å²) in [7, 11) is 0. The highest BCUT2D eigenvalue weighted by Gasteiger charge is 2.34. The van der Waals surface area contributed by atoms with Gasteiger partial charge in [0.2, 0.25) is 11.8 Å². The molecule has 0 saturated carbocycles. The molecule has 154 valence electrons. The molecule has 2 fully saturated rings. The maximum Gasteiger partial charge on any atom is 0.237 e. The number of rotatable bonds is 6. The van der Waals surface area contributed by atoms with Crippen LogP contribution in [0.2, 0.25) is 0 Å². The minimum Gasteiger partial charge on any atom is -0.353 e. The molecule has 2 aliphatic heterocycles. The predicted octanol–water partition coefficient (Wildman–Crippen LogP) is 2.45. The Kier molecular flexibility index (Phi) is 7.05. The van der Waals surface area contributed by atoms with Gasteiger partial charge in [-0.25, -0.2) is 4.39 Å². The second kappa shape index (κ2) is 9.50. The van der Waals surface area contributed by atoms with Crippen molar-refractivity contribution in [1.82, 2.24) is 15.1 Å². The number of benzene rings is 1. The molecule has 3 rings (SSSR count). The van der Waals surface area contributed by atoms with Crippen molar-refractivity contribution in [3.05, 3.63) is 35.6 Å². The van der Waals surface area contributed by atoms with Crippen LogP contribution >= 0.6 is 0 Å². The number of hydrogen-bond donors (Lipinski definition) is 1. The molecular weight excluding hydrogens is 357 g/mol. The molecule has 6 heteroatoms. The molecule has 0 unspecified atom stereocenters. The van der Waals surface area contributed by atoms with E-state index in [0.717, 1.165) is 51.0 Å². The Bertz CT molecular complexity index is 669. The van der Waals surface area contributed by atoms with Gasteiger partial charge in [-0.05, 0) is 48.8 Å². The zero-order chi connectivity index (χ0) is 20.1. The van der Waals surface area contributed by atoms with Crippen LogP contribution in [-0.2, 0) is 16.0 Å². The molecule has 1 atom stereocenters. The minimum absolute atomic E-state index is 0.0218. The number of nitrogens with one attached hydrogen (secondary N) is 1. The van der Waals surface area contributed by atoms with Gasteiger partial charge in [-0.1, -0.05) is 26.0 Å². The number of hydrogen-bond acceptors (Lipinski definition) is 3. The summed E-state index contributed by atoms with van der Waals surface area (Å²) >= 11 is 0. The SMILES string of the molecule is CC(C)CN1CCNC(=O)[C@H]1CC(=O)N1CCC(Cc2ccc(F)cc2)CC1. The lowest BCUT2D eigenvalue weighted by Crippen LogP contribution is -2.57. The van der Waals surface area contributed by atoms with E-state index in [2.05, 4.69) is 24.1 Å². The number of piperidine rings is 1. The van der Waals surface area contributed by atoms with Crippen LogP contribution in [0.4, 0.5) is 4.39 Å². The number of carbonyl (C=O) groups excluding carboxylic acids is 2. The van der Waals surface area contributed by atoms with E-state index in [1.54, 1.807) is 0 Å². The summed E-state index contributed by atoms with van der Waals surface area (Å²) in [5, 5.41) is 2.90. The van der Waals surface area contributed by atoms with Gasteiger partial charge in [-0.3, -0.25) is 14.5 Å². The van der Waals surface area contributed by atoms with Crippen molar-refractivity contribution in [2.24, 2.45) is 11.8 Å². The highest BCUT2D eigenvalue weighted by atomic mass is 19.1. The van der Waals surface area contributed by atoms with Gasteiger partial charge in [-0.15, -0.1) is 0 Å². The summed E-state index contributed by atoms with van der Waals surface area (Å²) in [6.07, 6.45) is 3.10. The number of piperazine rings is 1. The lowest BCUT2D eigenvalue weighted by molar-refractivity contribution is -0.140. The molecule has 28 heavy (non-hydrogen) atoms. The van der Waals surface area contributed by atoms with E-state index in [1.807, 2.05) is 17.0 Å². The van der Waals surface area contributed by atoms with Crippen LogP contribution < -0.4 is 5.32 Å². The first-order valence-corrected chi connectivity index (χ1v) is 10.5. The van der Waals surface area contributed by atoms with Crippen LogP contribution in [0.3, 0.4) is 0 Å². The molecule has 1 aromatic carbocycles. The molecule has 0 bridgehead atoms. The minimum atomic E-state index is -0.347. The topological polar surface area (TPSA) is 52.7 Å². The monoisotopic (exact) mass is 389 g/mol. The van der Waals surface area contributed by atoms with Gasteiger partial charge in [-0.2, -0.15) is 0 Å². The van der Waals surface area contributed by atoms with Gasteiger partial charge in [0, 0.05) is 32.7 Å². The van der Waals surface area contributed by atoms with Crippen molar-refractivity contribution in [2.75, 3.05) is 32.7 Å². The number of likely N-dealkylation sites (tertiary alicyclic amines) is 1. The number of amides is 2. The molecule has 0 aromatic heterocycles. The van der Waals surface area contributed by atoms with E-state index in [4.69, 9.17) is 0 Å². The zero-order valence-electron chi connectivity index (χ0n) is 17.0. The van der Waals surface area contributed by atoms with Gasteiger partial charge < -0.3 is 10.2 Å². The summed E-state index contributed by atoms with van der Waals surface area (Å²) in [5.74, 6) is 0.834. The van der Waals surface area contributed by atoms with Crippen LogP contribution in [0.1, 0.15) is 38.7 Å². The Hall–Kier alpha value is -1.95. The van der Waals surface area contributed by atoms with Crippen LogP contribution in [0, 0.1) is 17.7 Å². The van der Waals surface area contributed by atoms with Crippen LogP contribution in [-0.4, -0.2) is 60.4 Å². The number of halogens is 1. The van der Waals surface area contributed by atoms with Crippen molar-refractivity contribution < 1.29 is 14.0 Å². The van der Waals surface area contributed by atoms with Gasteiger partial charge in [0.15, 0.2) is 0 Å². The third-order valence-corrected chi connectivity index (χ3v) is 5.81. The van der Waals surface area contributed by atoms with E-state index in [1.165, 1.54) is 12.1 Å². The maximum absolute atomic E-state index is 13.0. The predicted molar refractivity (Wildman–Crippen MR) is 107 cm³/mol. The van der Waals surface area contributed by atoms with E-state index < -0.39 is 0 Å². The van der Waals surface area contributed by atoms with Gasteiger partial charge in [0.05, 0.1) is 12.5 Å². The number of nitrogens with zero attached hydrogens (tertiary/aromatic N) is 2. The standard InChI is InChI=1S/C22H32FN3O2/c1-16(2)15-26-12-9-24-22(28)20(26)14-21(27)25-10-7-18(8-11-25)13-17-3-5-19(23)6-4-17/h3-6,16,18,20H,7-15H2,1-2H3,(H,24,28)/t20-/m1/s1. The highest BCUT2D eigenvalue weighted by molar-refractivity contribution is 5.88. The van der Waals surface area contributed by atoms with E-state index in [0.29, 0.717) is 18.4 Å². The molecule has 2 amide bonds. The Morgan fingerprint density at radius 2 is 1.86 bits per heavy atom. The second-order valence-electron chi connectivity index (χ2n) is 8.55. The first kappa shape index (κ1) is 20.8. The third-order valence-electron chi connectivity index (χ3n) is 5.81. The maximum atomic E-state index is 13.0. The fourth-order valence-corrected chi connectivity index (χ4v) is 4.31. The molecule has 0 radical (unpaired) electrons. The molecule has 2 heterocycles. The highest BCUT2D eigenvalue weighted by Crippen LogP contribution is 2.23. The van der Waals surface area contributed by atoms with Crippen LogP contribution in [0.25, 0.3) is 0 Å². The Balaban J connectivity index is 1.50. The first-order chi connectivity index (χ1) is 13.4. The van der Waals surface area contributed by atoms with E-state index in [9.17, 15) is 14.0 Å². The summed E-state index contributed by atoms with van der Waals surface area (Å²) in [4.78, 5) is 29.2. The van der Waals surface area contributed by atoms with Crippen molar-refractivity contribution >= 4 is 11.8 Å². The van der Waals surface area contributed by atoms with Crippen molar-refractivity contribution in [2.45, 2.75) is 45.6 Å². The molecule has 5 nitrogen and oxygen atoms in total. The largest absolute Gasteiger partial charge is 0.353 e. The van der Waals surface area contributed by atoms with E-state index in [-0.39, 0.29) is 30.1 Å². The van der Waals surface area contributed by atoms with Gasteiger partial charge in [0.1, 0.15) is 5.82 Å². The van der Waals surface area contributed by atoms with Crippen LogP contribution in [0.15, 0.2) is 24.3 Å². The summed E-state index contributed by atoms with van der Waals surface area (Å²) in [6.45, 7) is 8.05. The van der Waals surface area contributed by atoms with Gasteiger partial charge >= 0.3 is 0 Å². The fraction of sp³-hybridized carbons (Fsp3) is 0.636. The lowest BCUT2D eigenvalue weighted by Gasteiger charge is -2.38. The Morgan fingerprint density at radius 3 is 2.50 bits per heavy atom. The summed E-state index contributed by atoms with van der Waals surface area (Å²) in [6, 6.07) is 6.36. The average Bonchev–Trinajstić information content (AvgIpc) is 2.66. The van der Waals surface area contributed by atoms with Crippen molar-refractivity contribution in [1.29, 1.82) is 0 Å². The molecule has 0 spiro atoms. The Labute approximate surface area is 167 Å². The molecule has 1 N–H and O–H groups in total. The molecule has 0 aliphatic carbocycles. The van der Waals surface area contributed by atoms with Gasteiger partial charge in [0.25, 0.3) is 0 Å². The quantitative estimate of drug-likeness (QED) is 0.813. The van der Waals surface area contributed by atoms with Crippen LogP contribution in [0.5, 0.6) is 0 Å². The number of carbonyl (C=O) groups is 2. The third kappa shape index (κ3) is 5.53. The fourth-order valence-electron chi connectivity index (χ4n) is 4.31. The summed E-state index contributed by atoms with van der Waals surface area (Å²) < 4.78 is 13.0. The molecule has 2 aliphatic rings. The van der Waals surface area contributed by atoms with E-state index >= 15 is 0 Å². The molecular formula is C22H32FN3O2. The average molecular weight is 390 g/mol. The summed E-state index contributed by atoms with van der Waals surface area (Å²) in [5.41, 5.74) is 1.15. The smallest absolute Gasteiger partial charge is 0.237 e. The first-order valence-electron chi connectivity index (χ1n) is 10.5. The normalized spacial score (nSPS) is 21.8. The second-order valence-corrected chi connectivity index (χ2v) is 8.55. The Morgan fingerprint density at radius 1 is 1.18 bits per heavy atom. The van der Waals surface area contributed by atoms with Crippen molar-refractivity contribution in [3.8, 4) is 0 Å². The zero-order valence-corrected chi connectivity index (χ0v) is 17.0.